The van der Waals surface area contributed by atoms with Crippen LogP contribution in [-0.2, 0) is 11.2 Å². The molecule has 0 radical (unpaired) electrons. The second-order valence-corrected chi connectivity index (χ2v) is 7.65. The summed E-state index contributed by atoms with van der Waals surface area (Å²) < 4.78 is 5.98. The molecule has 0 saturated heterocycles. The van der Waals surface area contributed by atoms with Gasteiger partial charge < -0.3 is 20.7 Å². The largest absolute Gasteiger partial charge is 0.378 e. The third-order valence-electron chi connectivity index (χ3n) is 5.37. The van der Waals surface area contributed by atoms with Crippen molar-refractivity contribution >= 4 is 11.9 Å². The van der Waals surface area contributed by atoms with E-state index in [4.69, 9.17) is 4.74 Å². The molecular weight excluding hydrogens is 364 g/mol. The van der Waals surface area contributed by atoms with Crippen molar-refractivity contribution in [2.45, 2.75) is 63.9 Å². The van der Waals surface area contributed by atoms with E-state index in [1.165, 1.54) is 38.5 Å². The maximum atomic E-state index is 11.7. The van der Waals surface area contributed by atoms with Gasteiger partial charge in [-0.25, -0.2) is 0 Å². The van der Waals surface area contributed by atoms with Crippen molar-refractivity contribution in [3.05, 3.63) is 35.4 Å². The van der Waals surface area contributed by atoms with Crippen LogP contribution in [0.1, 0.15) is 67.3 Å². The maximum Gasteiger partial charge on any atom is 0.251 e. The minimum atomic E-state index is -0.0542. The molecule has 2 rings (SSSR count). The van der Waals surface area contributed by atoms with Crippen LogP contribution < -0.4 is 16.0 Å². The molecule has 0 aliphatic heterocycles. The van der Waals surface area contributed by atoms with Crippen LogP contribution >= 0.6 is 0 Å². The topological polar surface area (TPSA) is 74.8 Å². The van der Waals surface area contributed by atoms with Crippen molar-refractivity contribution in [2.75, 3.05) is 33.8 Å². The molecule has 1 aliphatic carbocycles. The van der Waals surface area contributed by atoms with E-state index in [0.29, 0.717) is 11.7 Å². The summed E-state index contributed by atoms with van der Waals surface area (Å²) in [6, 6.07) is 7.73. The number of carbonyl (C=O) groups is 1. The third kappa shape index (κ3) is 9.31. The number of ether oxygens (including phenoxy) is 1. The Hall–Kier alpha value is -2.08. The van der Waals surface area contributed by atoms with Gasteiger partial charge in [0.1, 0.15) is 0 Å². The zero-order valence-electron chi connectivity index (χ0n) is 18.1. The van der Waals surface area contributed by atoms with Gasteiger partial charge in [0.2, 0.25) is 0 Å². The summed E-state index contributed by atoms with van der Waals surface area (Å²) >= 11 is 0. The van der Waals surface area contributed by atoms with Gasteiger partial charge in [-0.05, 0) is 56.2 Å². The van der Waals surface area contributed by atoms with Crippen molar-refractivity contribution < 1.29 is 9.53 Å². The molecule has 3 N–H and O–H groups in total. The summed E-state index contributed by atoms with van der Waals surface area (Å²) in [6.45, 7) is 2.58. The van der Waals surface area contributed by atoms with Gasteiger partial charge in [-0.1, -0.05) is 31.4 Å². The van der Waals surface area contributed by atoms with E-state index in [0.717, 1.165) is 50.5 Å². The van der Waals surface area contributed by atoms with Crippen molar-refractivity contribution in [1.29, 1.82) is 0 Å². The molecule has 0 aromatic heterocycles. The summed E-state index contributed by atoms with van der Waals surface area (Å²) in [7, 11) is 3.44. The Labute approximate surface area is 175 Å². The zero-order valence-corrected chi connectivity index (χ0v) is 18.1. The molecule has 6 heteroatoms. The van der Waals surface area contributed by atoms with Crippen molar-refractivity contribution in [2.24, 2.45) is 4.99 Å². The number of hydrogen-bond donors (Lipinski definition) is 3. The molecule has 0 bridgehead atoms. The van der Waals surface area contributed by atoms with Gasteiger partial charge in [0.15, 0.2) is 5.96 Å². The van der Waals surface area contributed by atoms with E-state index < -0.39 is 0 Å². The molecule has 1 aliphatic rings. The van der Waals surface area contributed by atoms with Gasteiger partial charge in [-0.15, -0.1) is 0 Å². The number of unbranched alkanes of at least 4 members (excludes halogenated alkanes) is 2. The highest BCUT2D eigenvalue weighted by Crippen LogP contribution is 2.20. The molecule has 0 unspecified atom stereocenters. The molecule has 162 valence electrons. The van der Waals surface area contributed by atoms with Gasteiger partial charge >= 0.3 is 0 Å². The normalized spacial score (nSPS) is 15.2. The smallest absolute Gasteiger partial charge is 0.251 e. The molecule has 1 aromatic carbocycles. The Morgan fingerprint density at radius 3 is 2.66 bits per heavy atom. The predicted octanol–water partition coefficient (Wildman–Crippen LogP) is 3.27. The first-order valence-corrected chi connectivity index (χ1v) is 11.1. The number of aliphatic imine (C=N–C) groups is 1. The van der Waals surface area contributed by atoms with E-state index in [-0.39, 0.29) is 5.91 Å². The van der Waals surface area contributed by atoms with Gasteiger partial charge in [0.05, 0.1) is 6.10 Å². The second-order valence-electron chi connectivity index (χ2n) is 7.65. The van der Waals surface area contributed by atoms with E-state index >= 15 is 0 Å². The van der Waals surface area contributed by atoms with Crippen LogP contribution in [0.4, 0.5) is 0 Å². The Morgan fingerprint density at radius 1 is 1.10 bits per heavy atom. The number of rotatable bonds is 11. The van der Waals surface area contributed by atoms with Gasteiger partial charge in [0, 0.05) is 39.4 Å². The van der Waals surface area contributed by atoms with Crippen LogP contribution in [0.5, 0.6) is 0 Å². The highest BCUT2D eigenvalue weighted by molar-refractivity contribution is 5.94. The number of carbonyl (C=O) groups excluding carboxylic acids is 1. The molecule has 0 spiro atoms. The number of benzene rings is 1. The highest BCUT2D eigenvalue weighted by Gasteiger charge is 2.12. The fourth-order valence-corrected chi connectivity index (χ4v) is 3.65. The van der Waals surface area contributed by atoms with Crippen LogP contribution in [0.25, 0.3) is 0 Å². The van der Waals surface area contributed by atoms with Gasteiger partial charge in [0.25, 0.3) is 5.91 Å². The number of nitrogens with one attached hydrogen (secondary N) is 3. The van der Waals surface area contributed by atoms with Crippen LogP contribution in [0.2, 0.25) is 0 Å². The molecule has 0 heterocycles. The average Bonchev–Trinajstić information content (AvgIpc) is 2.77. The maximum absolute atomic E-state index is 11.7. The molecule has 29 heavy (non-hydrogen) atoms. The fraction of sp³-hybridized carbons (Fsp3) is 0.652. The number of amides is 1. The Balaban J connectivity index is 1.53. The molecule has 1 fully saturated rings. The van der Waals surface area contributed by atoms with E-state index in [1.807, 2.05) is 24.3 Å². The highest BCUT2D eigenvalue weighted by atomic mass is 16.5. The summed E-state index contributed by atoms with van der Waals surface area (Å²) in [6.07, 6.45) is 11.3. The molecule has 1 amide bonds. The lowest BCUT2D eigenvalue weighted by atomic mass is 9.98. The minimum Gasteiger partial charge on any atom is -0.378 e. The van der Waals surface area contributed by atoms with Crippen LogP contribution in [0.15, 0.2) is 29.3 Å². The van der Waals surface area contributed by atoms with E-state index in [1.54, 1.807) is 14.1 Å². The first-order chi connectivity index (χ1) is 14.2. The van der Waals surface area contributed by atoms with Gasteiger partial charge in [-0.2, -0.15) is 0 Å². The van der Waals surface area contributed by atoms with Gasteiger partial charge in [-0.3, -0.25) is 9.79 Å². The number of hydrogen-bond acceptors (Lipinski definition) is 3. The molecule has 6 nitrogen and oxygen atoms in total. The van der Waals surface area contributed by atoms with Crippen LogP contribution in [-0.4, -0.2) is 51.8 Å². The zero-order chi connectivity index (χ0) is 20.7. The molecular formula is C23H38N4O2. The Kier molecular flexibility index (Phi) is 11.2. The van der Waals surface area contributed by atoms with E-state index in [2.05, 4.69) is 20.9 Å². The predicted molar refractivity (Wildman–Crippen MR) is 120 cm³/mol. The summed E-state index contributed by atoms with van der Waals surface area (Å²) in [5, 5.41) is 9.37. The number of nitrogens with zero attached hydrogens (tertiary/aromatic N) is 1. The van der Waals surface area contributed by atoms with Crippen LogP contribution in [0.3, 0.4) is 0 Å². The van der Waals surface area contributed by atoms with Crippen molar-refractivity contribution in [1.82, 2.24) is 16.0 Å². The van der Waals surface area contributed by atoms with Crippen molar-refractivity contribution in [3.8, 4) is 0 Å². The minimum absolute atomic E-state index is 0.0542. The lowest BCUT2D eigenvalue weighted by Gasteiger charge is -2.21. The second kappa shape index (κ2) is 14.0. The van der Waals surface area contributed by atoms with E-state index in [9.17, 15) is 4.79 Å². The first-order valence-electron chi connectivity index (χ1n) is 11.1. The fourth-order valence-electron chi connectivity index (χ4n) is 3.65. The SMILES string of the molecule is CN=C(NCCCCCOC1CCCCC1)NCCc1cccc(C(=O)NC)c1. The summed E-state index contributed by atoms with van der Waals surface area (Å²) in [5.74, 6) is 0.771. The lowest BCUT2D eigenvalue weighted by Crippen LogP contribution is -2.38. The Bertz CT molecular complexity index is 627. The third-order valence-corrected chi connectivity index (χ3v) is 5.37. The Morgan fingerprint density at radius 2 is 1.90 bits per heavy atom. The quantitative estimate of drug-likeness (QED) is 0.302. The molecule has 1 aromatic rings. The average molecular weight is 403 g/mol. The lowest BCUT2D eigenvalue weighted by molar-refractivity contribution is 0.0264. The molecule has 0 atom stereocenters. The van der Waals surface area contributed by atoms with Crippen LogP contribution in [0, 0.1) is 0 Å². The summed E-state index contributed by atoms with van der Waals surface area (Å²) in [4.78, 5) is 16.0. The number of guanidine groups is 1. The van der Waals surface area contributed by atoms with Crippen molar-refractivity contribution in [3.63, 3.8) is 0 Å². The first kappa shape index (κ1) is 23.2. The molecule has 1 saturated carbocycles. The summed E-state index contributed by atoms with van der Waals surface area (Å²) in [5.41, 5.74) is 1.83. The monoisotopic (exact) mass is 402 g/mol. The standard InChI is InChI=1S/C23H38N4O2/c1-24-22(28)20-11-9-10-19(18-20)14-16-27-23(25-2)26-15-7-4-8-17-29-21-12-5-3-6-13-21/h9-11,18,21H,3-8,12-17H2,1-2H3,(H,24,28)(H2,25,26,27).